The third-order valence-corrected chi connectivity index (χ3v) is 6.01. The van der Waals surface area contributed by atoms with Crippen molar-refractivity contribution in [3.8, 4) is 0 Å². The highest BCUT2D eigenvalue weighted by Gasteiger charge is 2.23. The van der Waals surface area contributed by atoms with E-state index < -0.39 is 0 Å². The van der Waals surface area contributed by atoms with E-state index in [9.17, 15) is 0 Å². The first kappa shape index (κ1) is 19.6. The summed E-state index contributed by atoms with van der Waals surface area (Å²) >= 11 is 1.77. The number of hydrogen-bond acceptors (Lipinski definition) is 5. The molecule has 1 atom stereocenters. The Labute approximate surface area is 161 Å². The molecule has 6 nitrogen and oxygen atoms in total. The number of aromatic nitrogens is 1. The van der Waals surface area contributed by atoms with Crippen LogP contribution in [0.5, 0.6) is 0 Å². The van der Waals surface area contributed by atoms with Gasteiger partial charge in [-0.1, -0.05) is 0 Å². The second kappa shape index (κ2) is 10.2. The Bertz CT molecular complexity index is 564. The van der Waals surface area contributed by atoms with E-state index in [1.54, 1.807) is 11.3 Å². The first-order valence-electron chi connectivity index (χ1n) is 9.84. The van der Waals surface area contributed by atoms with Crippen molar-refractivity contribution in [1.29, 1.82) is 0 Å². The van der Waals surface area contributed by atoms with Gasteiger partial charge in [-0.3, -0.25) is 4.99 Å². The highest BCUT2D eigenvalue weighted by molar-refractivity contribution is 7.11. The van der Waals surface area contributed by atoms with E-state index in [-0.39, 0.29) is 0 Å². The number of aryl methyl sites for hydroxylation is 1. The Kier molecular flexibility index (Phi) is 7.70. The van der Waals surface area contributed by atoms with Crippen LogP contribution in [-0.2, 0) is 15.9 Å². The molecule has 0 aromatic carbocycles. The van der Waals surface area contributed by atoms with Gasteiger partial charge in [0.15, 0.2) is 5.96 Å². The van der Waals surface area contributed by atoms with Gasteiger partial charge < -0.3 is 19.7 Å². The summed E-state index contributed by atoms with van der Waals surface area (Å²) in [5.74, 6) is 0.993. The van der Waals surface area contributed by atoms with E-state index in [4.69, 9.17) is 9.47 Å². The molecule has 0 bridgehead atoms. The van der Waals surface area contributed by atoms with Crippen LogP contribution in [0.3, 0.4) is 0 Å². The number of nitrogens with zero attached hydrogens (tertiary/aromatic N) is 3. The summed E-state index contributed by atoms with van der Waals surface area (Å²) in [6, 6.07) is 0. The summed E-state index contributed by atoms with van der Waals surface area (Å²) in [5.41, 5.74) is 0. The SMILES string of the molecule is CN=C(NCCc1ncc(C)s1)N1CCC(OCC2CCCCO2)CC1. The number of ether oxygens (including phenoxy) is 2. The maximum Gasteiger partial charge on any atom is 0.193 e. The van der Waals surface area contributed by atoms with E-state index in [1.807, 2.05) is 13.2 Å². The van der Waals surface area contributed by atoms with Crippen molar-refractivity contribution < 1.29 is 9.47 Å². The predicted molar refractivity (Wildman–Crippen MR) is 106 cm³/mol. The van der Waals surface area contributed by atoms with Crippen molar-refractivity contribution in [1.82, 2.24) is 15.2 Å². The highest BCUT2D eigenvalue weighted by Crippen LogP contribution is 2.18. The van der Waals surface area contributed by atoms with Crippen LogP contribution in [0.2, 0.25) is 0 Å². The second-order valence-corrected chi connectivity index (χ2v) is 8.42. The number of thiazole rings is 1. The molecular formula is C19H32N4O2S. The van der Waals surface area contributed by atoms with Gasteiger partial charge in [-0.25, -0.2) is 4.98 Å². The van der Waals surface area contributed by atoms with Crippen LogP contribution in [-0.4, -0.2) is 67.9 Å². The Morgan fingerprint density at radius 3 is 2.88 bits per heavy atom. The van der Waals surface area contributed by atoms with Gasteiger partial charge in [-0.2, -0.15) is 0 Å². The minimum Gasteiger partial charge on any atom is -0.376 e. The van der Waals surface area contributed by atoms with Gasteiger partial charge in [0.05, 0.1) is 23.8 Å². The van der Waals surface area contributed by atoms with Gasteiger partial charge in [0.1, 0.15) is 0 Å². The van der Waals surface area contributed by atoms with Gasteiger partial charge in [0.2, 0.25) is 0 Å². The largest absolute Gasteiger partial charge is 0.376 e. The molecule has 1 aromatic heterocycles. The normalized spacial score (nSPS) is 22.6. The molecule has 1 unspecified atom stereocenters. The lowest BCUT2D eigenvalue weighted by molar-refractivity contribution is -0.0721. The minimum atomic E-state index is 0.311. The number of hydrogen-bond donors (Lipinski definition) is 1. The number of nitrogens with one attached hydrogen (secondary N) is 1. The molecule has 3 heterocycles. The number of likely N-dealkylation sites (tertiary alicyclic amines) is 1. The van der Waals surface area contributed by atoms with Crippen LogP contribution in [0.15, 0.2) is 11.2 Å². The Balaban J connectivity index is 1.34. The fourth-order valence-electron chi connectivity index (χ4n) is 3.55. The standard InChI is InChI=1S/C19H32N4O2S/c1-15-13-22-18(26-15)6-9-21-19(20-2)23-10-7-16(8-11-23)25-14-17-5-3-4-12-24-17/h13,16-17H,3-12,14H2,1-2H3,(H,20,21). The quantitative estimate of drug-likeness (QED) is 0.607. The topological polar surface area (TPSA) is 59.0 Å². The lowest BCUT2D eigenvalue weighted by Gasteiger charge is -2.35. The van der Waals surface area contributed by atoms with Gasteiger partial charge in [-0.05, 0) is 39.0 Å². The smallest absolute Gasteiger partial charge is 0.193 e. The maximum atomic E-state index is 6.11. The zero-order valence-corrected chi connectivity index (χ0v) is 16.9. The first-order valence-corrected chi connectivity index (χ1v) is 10.7. The number of aliphatic imine (C=N–C) groups is 1. The lowest BCUT2D eigenvalue weighted by Crippen LogP contribution is -2.47. The maximum absolute atomic E-state index is 6.11. The molecule has 0 radical (unpaired) electrons. The molecule has 0 aliphatic carbocycles. The van der Waals surface area contributed by atoms with Crippen LogP contribution >= 0.6 is 11.3 Å². The zero-order valence-electron chi connectivity index (χ0n) is 16.1. The molecule has 0 amide bonds. The first-order chi connectivity index (χ1) is 12.7. The Morgan fingerprint density at radius 2 is 2.23 bits per heavy atom. The molecule has 1 N–H and O–H groups in total. The molecule has 2 saturated heterocycles. The van der Waals surface area contributed by atoms with Crippen molar-refractivity contribution in [3.63, 3.8) is 0 Å². The van der Waals surface area contributed by atoms with Gasteiger partial charge in [-0.15, -0.1) is 11.3 Å². The van der Waals surface area contributed by atoms with E-state index in [0.29, 0.717) is 12.2 Å². The summed E-state index contributed by atoms with van der Waals surface area (Å²) < 4.78 is 11.9. The molecule has 7 heteroatoms. The van der Waals surface area contributed by atoms with Crippen molar-refractivity contribution in [2.24, 2.45) is 4.99 Å². The molecule has 3 rings (SSSR count). The van der Waals surface area contributed by atoms with E-state index in [0.717, 1.165) is 64.5 Å². The van der Waals surface area contributed by atoms with Crippen LogP contribution in [0.1, 0.15) is 42.0 Å². The molecular weight excluding hydrogens is 348 g/mol. The monoisotopic (exact) mass is 380 g/mol. The fraction of sp³-hybridized carbons (Fsp3) is 0.789. The van der Waals surface area contributed by atoms with Crippen molar-refractivity contribution in [2.45, 2.75) is 57.7 Å². The zero-order chi connectivity index (χ0) is 18.2. The van der Waals surface area contributed by atoms with Gasteiger partial charge in [0.25, 0.3) is 0 Å². The summed E-state index contributed by atoms with van der Waals surface area (Å²) in [5, 5.41) is 4.66. The summed E-state index contributed by atoms with van der Waals surface area (Å²) in [6.07, 6.45) is 9.28. The average Bonchev–Trinajstić information content (AvgIpc) is 3.10. The summed E-state index contributed by atoms with van der Waals surface area (Å²) in [4.78, 5) is 12.5. The lowest BCUT2D eigenvalue weighted by atomic mass is 10.1. The number of guanidine groups is 1. The summed E-state index contributed by atoms with van der Waals surface area (Å²) in [7, 11) is 1.86. The number of rotatable bonds is 6. The fourth-order valence-corrected chi connectivity index (χ4v) is 4.33. The third kappa shape index (κ3) is 5.93. The molecule has 146 valence electrons. The van der Waals surface area contributed by atoms with Crippen molar-refractivity contribution >= 4 is 17.3 Å². The molecule has 2 aliphatic heterocycles. The summed E-state index contributed by atoms with van der Waals surface area (Å²) in [6.45, 7) is 6.60. The van der Waals surface area contributed by atoms with Gasteiger partial charge in [0, 0.05) is 50.8 Å². The molecule has 0 saturated carbocycles. The average molecular weight is 381 g/mol. The van der Waals surface area contributed by atoms with E-state index >= 15 is 0 Å². The minimum absolute atomic E-state index is 0.311. The number of piperidine rings is 1. The Morgan fingerprint density at radius 1 is 1.38 bits per heavy atom. The molecule has 0 spiro atoms. The molecule has 1 aromatic rings. The van der Waals surface area contributed by atoms with Crippen LogP contribution < -0.4 is 5.32 Å². The third-order valence-electron chi connectivity index (χ3n) is 5.04. The van der Waals surface area contributed by atoms with Crippen molar-refractivity contribution in [3.05, 3.63) is 16.1 Å². The van der Waals surface area contributed by atoms with E-state index in [1.165, 1.54) is 22.7 Å². The second-order valence-electron chi connectivity index (χ2n) is 7.10. The Hall–Kier alpha value is -1.18. The predicted octanol–water partition coefficient (Wildman–Crippen LogP) is 2.62. The molecule has 26 heavy (non-hydrogen) atoms. The molecule has 2 fully saturated rings. The molecule has 2 aliphatic rings. The van der Waals surface area contributed by atoms with E-state index in [2.05, 4.69) is 27.1 Å². The van der Waals surface area contributed by atoms with Crippen LogP contribution in [0.25, 0.3) is 0 Å². The van der Waals surface area contributed by atoms with Crippen LogP contribution in [0, 0.1) is 6.92 Å². The van der Waals surface area contributed by atoms with Crippen LogP contribution in [0.4, 0.5) is 0 Å². The highest BCUT2D eigenvalue weighted by atomic mass is 32.1. The van der Waals surface area contributed by atoms with Gasteiger partial charge >= 0.3 is 0 Å². The van der Waals surface area contributed by atoms with Crippen molar-refractivity contribution in [2.75, 3.05) is 39.9 Å².